The number of carboxylic acid groups (broad SMARTS) is 1. The SMILES string of the molecule is CN(C)CCNC(=O)CN1CCN([C@@H](C(=O)O)c2c[nH]c3ccc(CO)cc23)CC1. The van der Waals surface area contributed by atoms with Gasteiger partial charge in [0.2, 0.25) is 5.91 Å². The first-order valence-corrected chi connectivity index (χ1v) is 10.2. The quantitative estimate of drug-likeness (QED) is 0.457. The molecule has 164 valence electrons. The van der Waals surface area contributed by atoms with Crippen LogP contribution in [0, 0.1) is 0 Å². The molecule has 0 radical (unpaired) electrons. The lowest BCUT2D eigenvalue weighted by Crippen LogP contribution is -2.51. The summed E-state index contributed by atoms with van der Waals surface area (Å²) in [5.74, 6) is -0.909. The molecule has 1 fully saturated rings. The molecule has 0 bridgehead atoms. The van der Waals surface area contributed by atoms with E-state index in [1.807, 2.05) is 42.1 Å². The fourth-order valence-electron chi connectivity index (χ4n) is 3.86. The Morgan fingerprint density at radius 1 is 1.23 bits per heavy atom. The second kappa shape index (κ2) is 10.0. The average molecular weight is 418 g/mol. The maximum Gasteiger partial charge on any atom is 0.325 e. The van der Waals surface area contributed by atoms with E-state index < -0.39 is 12.0 Å². The van der Waals surface area contributed by atoms with Crippen molar-refractivity contribution >= 4 is 22.8 Å². The summed E-state index contributed by atoms with van der Waals surface area (Å²) < 4.78 is 0. The Hall–Kier alpha value is -2.46. The van der Waals surface area contributed by atoms with Crippen molar-refractivity contribution in [3.63, 3.8) is 0 Å². The van der Waals surface area contributed by atoms with Crippen LogP contribution in [0.1, 0.15) is 17.2 Å². The standard InChI is InChI=1S/C21H31N5O4/c1-24(2)6-5-22-19(28)13-25-7-9-26(10-8-25)20(21(29)30)17-12-23-18-4-3-15(14-27)11-16(17)18/h3-4,11-12,20,23,27H,5-10,13-14H2,1-2H3,(H,22,28)(H,29,30)/t20-/m1/s1. The molecule has 9 nitrogen and oxygen atoms in total. The molecule has 0 aliphatic carbocycles. The molecule has 3 rings (SSSR count). The number of aliphatic hydroxyl groups is 1. The van der Waals surface area contributed by atoms with Crippen molar-refractivity contribution in [2.75, 3.05) is 59.9 Å². The zero-order chi connectivity index (χ0) is 21.7. The summed E-state index contributed by atoms with van der Waals surface area (Å²) in [6.45, 7) is 4.04. The number of hydrogen-bond donors (Lipinski definition) is 4. The van der Waals surface area contributed by atoms with Crippen LogP contribution < -0.4 is 5.32 Å². The second-order valence-corrected chi connectivity index (χ2v) is 7.99. The normalized spacial score (nSPS) is 16.8. The average Bonchev–Trinajstić information content (AvgIpc) is 3.11. The summed E-state index contributed by atoms with van der Waals surface area (Å²) in [6, 6.07) is 4.74. The van der Waals surface area contributed by atoms with Crippen molar-refractivity contribution in [2.24, 2.45) is 0 Å². The number of amides is 1. The largest absolute Gasteiger partial charge is 0.480 e. The fraction of sp³-hybridized carbons (Fsp3) is 0.524. The Bertz CT molecular complexity index is 873. The van der Waals surface area contributed by atoms with Crippen LogP contribution in [0.2, 0.25) is 0 Å². The Labute approximate surface area is 176 Å². The van der Waals surface area contributed by atoms with Gasteiger partial charge in [0.25, 0.3) is 0 Å². The Morgan fingerprint density at radius 3 is 2.60 bits per heavy atom. The molecule has 0 saturated carbocycles. The molecule has 0 unspecified atom stereocenters. The van der Waals surface area contributed by atoms with Gasteiger partial charge < -0.3 is 25.4 Å². The summed E-state index contributed by atoms with van der Waals surface area (Å²) in [7, 11) is 3.92. The molecule has 30 heavy (non-hydrogen) atoms. The van der Waals surface area contributed by atoms with Crippen molar-refractivity contribution in [3.05, 3.63) is 35.5 Å². The minimum absolute atomic E-state index is 0.00625. The van der Waals surface area contributed by atoms with Gasteiger partial charge in [-0.05, 0) is 31.8 Å². The van der Waals surface area contributed by atoms with Gasteiger partial charge in [-0.25, -0.2) is 0 Å². The van der Waals surface area contributed by atoms with Gasteiger partial charge in [-0.15, -0.1) is 0 Å². The van der Waals surface area contributed by atoms with E-state index in [1.165, 1.54) is 0 Å². The van der Waals surface area contributed by atoms with Crippen LogP contribution in [0.3, 0.4) is 0 Å². The van der Waals surface area contributed by atoms with E-state index >= 15 is 0 Å². The zero-order valence-corrected chi connectivity index (χ0v) is 17.6. The summed E-state index contributed by atoms with van der Waals surface area (Å²) in [6.07, 6.45) is 1.75. The highest BCUT2D eigenvalue weighted by atomic mass is 16.4. The number of piperazine rings is 1. The van der Waals surface area contributed by atoms with E-state index in [-0.39, 0.29) is 12.5 Å². The van der Waals surface area contributed by atoms with Gasteiger partial charge in [0, 0.05) is 61.9 Å². The first-order chi connectivity index (χ1) is 14.4. The summed E-state index contributed by atoms with van der Waals surface area (Å²) in [5, 5.41) is 23.1. The lowest BCUT2D eigenvalue weighted by Gasteiger charge is -2.37. The molecule has 0 spiro atoms. The van der Waals surface area contributed by atoms with Crippen LogP contribution in [0.15, 0.2) is 24.4 Å². The summed E-state index contributed by atoms with van der Waals surface area (Å²) in [4.78, 5) is 33.4. The van der Waals surface area contributed by atoms with E-state index in [0.717, 1.165) is 23.0 Å². The number of likely N-dealkylation sites (N-methyl/N-ethyl adjacent to an activating group) is 1. The zero-order valence-electron chi connectivity index (χ0n) is 17.6. The molecule has 4 N–H and O–H groups in total. The van der Waals surface area contributed by atoms with Crippen LogP contribution in [0.25, 0.3) is 10.9 Å². The number of carbonyl (C=O) groups is 2. The number of aromatic nitrogens is 1. The molecule has 2 heterocycles. The van der Waals surface area contributed by atoms with Gasteiger partial charge in [0.1, 0.15) is 6.04 Å². The van der Waals surface area contributed by atoms with Crippen LogP contribution in [0.4, 0.5) is 0 Å². The minimum atomic E-state index is -0.903. The van der Waals surface area contributed by atoms with Gasteiger partial charge in [-0.1, -0.05) is 6.07 Å². The number of benzene rings is 1. The topological polar surface area (TPSA) is 112 Å². The number of aliphatic carboxylic acids is 1. The number of hydrogen-bond acceptors (Lipinski definition) is 6. The molecule has 1 amide bonds. The molecule has 1 atom stereocenters. The number of nitrogens with zero attached hydrogens (tertiary/aromatic N) is 3. The van der Waals surface area contributed by atoms with Gasteiger partial charge >= 0.3 is 5.97 Å². The second-order valence-electron chi connectivity index (χ2n) is 7.99. The first-order valence-electron chi connectivity index (χ1n) is 10.2. The molecule has 9 heteroatoms. The van der Waals surface area contributed by atoms with Crippen molar-refractivity contribution in [1.29, 1.82) is 0 Å². The highest BCUT2D eigenvalue weighted by molar-refractivity contribution is 5.89. The molecule has 2 aromatic rings. The third kappa shape index (κ3) is 5.37. The number of rotatable bonds is 9. The number of H-pyrrole nitrogens is 1. The Morgan fingerprint density at radius 2 is 1.97 bits per heavy atom. The van der Waals surface area contributed by atoms with Gasteiger partial charge in [-0.2, -0.15) is 0 Å². The van der Waals surface area contributed by atoms with Crippen molar-refractivity contribution in [3.8, 4) is 0 Å². The van der Waals surface area contributed by atoms with Crippen LogP contribution in [-0.4, -0.2) is 102 Å². The van der Waals surface area contributed by atoms with E-state index in [0.29, 0.717) is 44.8 Å². The number of carboxylic acids is 1. The molecule has 1 aliphatic rings. The molecule has 1 saturated heterocycles. The van der Waals surface area contributed by atoms with Gasteiger partial charge in [0.05, 0.1) is 13.2 Å². The smallest absolute Gasteiger partial charge is 0.325 e. The molecule has 1 aromatic carbocycles. The predicted octanol–water partition coefficient (Wildman–Crippen LogP) is 0.0813. The number of aliphatic hydroxyl groups excluding tert-OH is 1. The highest BCUT2D eigenvalue weighted by Crippen LogP contribution is 2.30. The predicted molar refractivity (Wildman–Crippen MR) is 114 cm³/mol. The first kappa shape index (κ1) is 22.2. The lowest BCUT2D eigenvalue weighted by atomic mass is 10.0. The van der Waals surface area contributed by atoms with E-state index in [9.17, 15) is 19.8 Å². The highest BCUT2D eigenvalue weighted by Gasteiger charge is 2.32. The number of carbonyl (C=O) groups excluding carboxylic acids is 1. The monoisotopic (exact) mass is 417 g/mol. The number of fused-ring (bicyclic) bond motifs is 1. The van der Waals surface area contributed by atoms with Crippen molar-refractivity contribution in [2.45, 2.75) is 12.6 Å². The summed E-state index contributed by atoms with van der Waals surface area (Å²) in [5.41, 5.74) is 2.29. The van der Waals surface area contributed by atoms with Crippen LogP contribution >= 0.6 is 0 Å². The maximum absolute atomic E-state index is 12.1. The lowest BCUT2D eigenvalue weighted by molar-refractivity contribution is -0.144. The molecular formula is C21H31N5O4. The fourth-order valence-corrected chi connectivity index (χ4v) is 3.86. The molecular weight excluding hydrogens is 386 g/mol. The van der Waals surface area contributed by atoms with Crippen molar-refractivity contribution in [1.82, 2.24) is 25.0 Å². The molecule has 1 aromatic heterocycles. The van der Waals surface area contributed by atoms with E-state index in [2.05, 4.69) is 15.2 Å². The molecule has 1 aliphatic heterocycles. The maximum atomic E-state index is 12.1. The third-order valence-electron chi connectivity index (χ3n) is 5.51. The van der Waals surface area contributed by atoms with Gasteiger partial charge in [-0.3, -0.25) is 19.4 Å². The third-order valence-corrected chi connectivity index (χ3v) is 5.51. The van der Waals surface area contributed by atoms with Crippen molar-refractivity contribution < 1.29 is 19.8 Å². The minimum Gasteiger partial charge on any atom is -0.480 e. The van der Waals surface area contributed by atoms with E-state index in [4.69, 9.17) is 0 Å². The Kier molecular flexibility index (Phi) is 7.43. The van der Waals surface area contributed by atoms with Crippen LogP contribution in [-0.2, 0) is 16.2 Å². The summed E-state index contributed by atoms with van der Waals surface area (Å²) >= 11 is 0. The number of aromatic amines is 1. The van der Waals surface area contributed by atoms with Crippen LogP contribution in [0.5, 0.6) is 0 Å². The Balaban J connectivity index is 1.63. The number of nitrogens with one attached hydrogen (secondary N) is 2. The van der Waals surface area contributed by atoms with E-state index in [1.54, 1.807) is 6.20 Å². The van der Waals surface area contributed by atoms with Gasteiger partial charge in [0.15, 0.2) is 0 Å².